The van der Waals surface area contributed by atoms with E-state index in [1.807, 2.05) is 38.1 Å². The molecule has 0 spiro atoms. The van der Waals surface area contributed by atoms with Gasteiger partial charge >= 0.3 is 0 Å². The van der Waals surface area contributed by atoms with Crippen LogP contribution in [-0.4, -0.2) is 34.6 Å². The van der Waals surface area contributed by atoms with E-state index in [9.17, 15) is 9.59 Å². The third-order valence-corrected chi connectivity index (χ3v) is 7.57. The predicted octanol–water partition coefficient (Wildman–Crippen LogP) is 5.72. The van der Waals surface area contributed by atoms with Gasteiger partial charge in [0.25, 0.3) is 5.91 Å². The molecule has 1 N–H and O–H groups in total. The first-order valence-electron chi connectivity index (χ1n) is 9.96. The van der Waals surface area contributed by atoms with Crippen LogP contribution in [0.1, 0.15) is 47.6 Å². The van der Waals surface area contributed by atoms with Gasteiger partial charge in [-0.05, 0) is 49.1 Å². The van der Waals surface area contributed by atoms with E-state index in [1.54, 1.807) is 34.9 Å². The first-order chi connectivity index (χ1) is 14.2. The Hall–Kier alpha value is -1.69. The summed E-state index contributed by atoms with van der Waals surface area (Å²) in [6.45, 7) is 8.00. The van der Waals surface area contributed by atoms with Crippen LogP contribution in [0.3, 0.4) is 0 Å². The lowest BCUT2D eigenvalue weighted by atomic mass is 10.0. The second-order valence-electron chi connectivity index (χ2n) is 7.94. The van der Waals surface area contributed by atoms with Gasteiger partial charge in [-0.1, -0.05) is 61.3 Å². The Balaban J connectivity index is 1.98. The second-order valence-corrected chi connectivity index (χ2v) is 9.87. The smallest absolute Gasteiger partial charge is 0.256 e. The fourth-order valence-electron chi connectivity index (χ4n) is 3.32. The number of nitrogens with one attached hydrogen (secondary N) is 1. The van der Waals surface area contributed by atoms with Gasteiger partial charge in [-0.3, -0.25) is 9.59 Å². The Morgan fingerprint density at radius 1 is 1.10 bits per heavy atom. The molecule has 0 saturated carbocycles. The Morgan fingerprint density at radius 3 is 2.43 bits per heavy atom. The lowest BCUT2D eigenvalue weighted by Gasteiger charge is -2.31. The maximum atomic E-state index is 13.6. The fourth-order valence-corrected chi connectivity index (χ4v) is 5.04. The molecule has 1 aliphatic heterocycles. The number of hydrogen-bond acceptors (Lipinski definition) is 3. The van der Waals surface area contributed by atoms with E-state index in [2.05, 4.69) is 19.2 Å². The zero-order valence-corrected chi connectivity index (χ0v) is 19.8. The van der Waals surface area contributed by atoms with Gasteiger partial charge in [0.1, 0.15) is 11.4 Å². The molecule has 1 heterocycles. The molecule has 1 aliphatic rings. The highest BCUT2D eigenvalue weighted by Crippen LogP contribution is 2.43. The molecule has 2 aromatic carbocycles. The minimum atomic E-state index is -0.567. The highest BCUT2D eigenvalue weighted by molar-refractivity contribution is 7.99. The molecule has 2 amide bonds. The van der Waals surface area contributed by atoms with Gasteiger partial charge in [0.15, 0.2) is 0 Å². The molecule has 0 bridgehead atoms. The number of carbonyl (C=O) groups excluding carboxylic acids is 2. The molecule has 4 nitrogen and oxygen atoms in total. The average Bonchev–Trinajstić information content (AvgIpc) is 3.15. The predicted molar refractivity (Wildman–Crippen MR) is 125 cm³/mol. The highest BCUT2D eigenvalue weighted by atomic mass is 35.5. The maximum absolute atomic E-state index is 13.6. The van der Waals surface area contributed by atoms with E-state index in [0.717, 1.165) is 11.1 Å². The Bertz CT molecular complexity index is 951. The van der Waals surface area contributed by atoms with Gasteiger partial charge in [0.05, 0.1) is 10.0 Å². The number of hydrogen-bond donors (Lipinski definition) is 1. The van der Waals surface area contributed by atoms with Crippen LogP contribution in [0.4, 0.5) is 0 Å². The van der Waals surface area contributed by atoms with Gasteiger partial charge in [0.2, 0.25) is 5.91 Å². The van der Waals surface area contributed by atoms with Crippen molar-refractivity contribution < 1.29 is 9.59 Å². The molecule has 0 radical (unpaired) electrons. The van der Waals surface area contributed by atoms with Crippen LogP contribution < -0.4 is 5.32 Å². The standard InChI is InChI=1S/C23H26Cl2N2O2S/c1-13(2)15(4)26-21(28)20-12-30-23(16-9-10-18(24)19(25)11-16)27(20)22(29)17-8-6-5-7-14(17)3/h5-11,13,15,20,23H,12H2,1-4H3,(H,26,28). The molecule has 3 atom stereocenters. The third-order valence-electron chi connectivity index (χ3n) is 5.51. The summed E-state index contributed by atoms with van der Waals surface area (Å²) in [6, 6.07) is 12.3. The van der Waals surface area contributed by atoms with E-state index in [0.29, 0.717) is 27.3 Å². The number of thioether (sulfide) groups is 1. The summed E-state index contributed by atoms with van der Waals surface area (Å²) in [5.74, 6) is 0.522. The van der Waals surface area contributed by atoms with Crippen LogP contribution in [0.15, 0.2) is 42.5 Å². The van der Waals surface area contributed by atoms with E-state index in [4.69, 9.17) is 23.2 Å². The van der Waals surface area contributed by atoms with Crippen molar-refractivity contribution in [2.75, 3.05) is 5.75 Å². The van der Waals surface area contributed by atoms with Crippen molar-refractivity contribution in [1.82, 2.24) is 10.2 Å². The van der Waals surface area contributed by atoms with Crippen LogP contribution in [0.25, 0.3) is 0 Å². The monoisotopic (exact) mass is 464 g/mol. The largest absolute Gasteiger partial charge is 0.352 e. The summed E-state index contributed by atoms with van der Waals surface area (Å²) >= 11 is 13.9. The molecule has 1 fully saturated rings. The molecule has 3 rings (SSSR count). The van der Waals surface area contributed by atoms with E-state index >= 15 is 0 Å². The van der Waals surface area contributed by atoms with Crippen LogP contribution >= 0.6 is 35.0 Å². The Morgan fingerprint density at radius 2 is 1.80 bits per heavy atom. The van der Waals surface area contributed by atoms with Crippen LogP contribution in [0.5, 0.6) is 0 Å². The number of halogens is 2. The molecule has 0 aliphatic carbocycles. The van der Waals surface area contributed by atoms with Crippen molar-refractivity contribution in [1.29, 1.82) is 0 Å². The Kier molecular flexibility index (Phi) is 7.38. The SMILES string of the molecule is Cc1ccccc1C(=O)N1C(C(=O)NC(C)C(C)C)CSC1c1ccc(Cl)c(Cl)c1. The first kappa shape index (κ1) is 23.0. The van der Waals surface area contributed by atoms with E-state index in [1.165, 1.54) is 0 Å². The molecule has 1 saturated heterocycles. The summed E-state index contributed by atoms with van der Waals surface area (Å²) in [7, 11) is 0. The number of nitrogens with zero attached hydrogens (tertiary/aromatic N) is 1. The molecule has 0 aromatic heterocycles. The first-order valence-corrected chi connectivity index (χ1v) is 11.8. The molecule has 3 unspecified atom stereocenters. The molecule has 2 aromatic rings. The zero-order chi connectivity index (χ0) is 22.0. The Labute approximate surface area is 192 Å². The highest BCUT2D eigenvalue weighted by Gasteiger charge is 2.43. The third kappa shape index (κ3) is 4.79. The second kappa shape index (κ2) is 9.63. The van der Waals surface area contributed by atoms with Gasteiger partial charge in [-0.15, -0.1) is 11.8 Å². The molecular formula is C23H26Cl2N2O2S. The van der Waals surface area contributed by atoms with Crippen molar-refractivity contribution >= 4 is 46.8 Å². The number of benzene rings is 2. The lowest BCUT2D eigenvalue weighted by Crippen LogP contribution is -2.51. The van der Waals surface area contributed by atoms with Crippen LogP contribution in [0.2, 0.25) is 10.0 Å². The number of aryl methyl sites for hydroxylation is 1. The number of carbonyl (C=O) groups is 2. The van der Waals surface area contributed by atoms with Gasteiger partial charge in [-0.2, -0.15) is 0 Å². The fraction of sp³-hybridized carbons (Fsp3) is 0.391. The van der Waals surface area contributed by atoms with Crippen LogP contribution in [0, 0.1) is 12.8 Å². The molecule has 7 heteroatoms. The lowest BCUT2D eigenvalue weighted by molar-refractivity contribution is -0.125. The molecular weight excluding hydrogens is 439 g/mol. The number of amides is 2. The van der Waals surface area contributed by atoms with Crippen molar-refractivity contribution in [2.45, 2.75) is 45.2 Å². The summed E-state index contributed by atoms with van der Waals surface area (Å²) in [4.78, 5) is 28.4. The summed E-state index contributed by atoms with van der Waals surface area (Å²) in [5, 5.41) is 3.64. The minimum absolute atomic E-state index is 0.0157. The summed E-state index contributed by atoms with van der Waals surface area (Å²) in [5.41, 5.74) is 2.32. The van der Waals surface area contributed by atoms with E-state index in [-0.39, 0.29) is 23.2 Å². The minimum Gasteiger partial charge on any atom is -0.352 e. The maximum Gasteiger partial charge on any atom is 0.256 e. The zero-order valence-electron chi connectivity index (χ0n) is 17.5. The van der Waals surface area contributed by atoms with Gasteiger partial charge in [-0.25, -0.2) is 0 Å². The quantitative estimate of drug-likeness (QED) is 0.615. The molecule has 160 valence electrons. The number of rotatable bonds is 5. The van der Waals surface area contributed by atoms with Crippen molar-refractivity contribution in [3.63, 3.8) is 0 Å². The van der Waals surface area contributed by atoms with Crippen molar-refractivity contribution in [2.24, 2.45) is 5.92 Å². The average molecular weight is 465 g/mol. The normalized spacial score (nSPS) is 19.8. The van der Waals surface area contributed by atoms with Crippen molar-refractivity contribution in [3.8, 4) is 0 Å². The summed E-state index contributed by atoms with van der Waals surface area (Å²) < 4.78 is 0. The summed E-state index contributed by atoms with van der Waals surface area (Å²) in [6.07, 6.45) is 0. The van der Waals surface area contributed by atoms with E-state index < -0.39 is 6.04 Å². The molecule has 30 heavy (non-hydrogen) atoms. The van der Waals surface area contributed by atoms with Gasteiger partial charge in [0, 0.05) is 17.4 Å². The van der Waals surface area contributed by atoms with Crippen molar-refractivity contribution in [3.05, 3.63) is 69.2 Å². The van der Waals surface area contributed by atoms with Crippen LogP contribution in [-0.2, 0) is 4.79 Å². The topological polar surface area (TPSA) is 49.4 Å². The van der Waals surface area contributed by atoms with Gasteiger partial charge < -0.3 is 10.2 Å².